The van der Waals surface area contributed by atoms with Crippen molar-refractivity contribution in [3.63, 3.8) is 0 Å². The molecule has 0 spiro atoms. The third kappa shape index (κ3) is 3.29. The van der Waals surface area contributed by atoms with Crippen LogP contribution in [-0.2, 0) is 10.0 Å². The average Bonchev–Trinajstić information content (AvgIpc) is 2.80. The summed E-state index contributed by atoms with van der Waals surface area (Å²) in [6, 6.07) is 3.34. The standard InChI is InChI=1S/C9H13Br2NO2S2/c1-2-9(6-10,7-11)12-16(13,14)8-4-3-5-15-8/h3-5,12H,2,6-7H2,1H3. The van der Waals surface area contributed by atoms with Crippen molar-refractivity contribution in [2.45, 2.75) is 23.1 Å². The van der Waals surface area contributed by atoms with Crippen molar-refractivity contribution in [1.29, 1.82) is 0 Å². The first-order valence-corrected chi connectivity index (χ1v) is 9.29. The van der Waals surface area contributed by atoms with Crippen LogP contribution in [-0.4, -0.2) is 24.6 Å². The Hall–Kier alpha value is 0.570. The summed E-state index contributed by atoms with van der Waals surface area (Å²) in [7, 11) is -3.40. The molecular weight excluding hydrogens is 378 g/mol. The maximum absolute atomic E-state index is 12.0. The second kappa shape index (κ2) is 5.95. The van der Waals surface area contributed by atoms with Crippen molar-refractivity contribution < 1.29 is 8.42 Å². The van der Waals surface area contributed by atoms with Crippen molar-refractivity contribution in [2.75, 3.05) is 10.7 Å². The molecule has 0 aromatic carbocycles. The first-order chi connectivity index (χ1) is 7.49. The predicted molar refractivity (Wildman–Crippen MR) is 75.3 cm³/mol. The molecule has 0 saturated heterocycles. The van der Waals surface area contributed by atoms with Crippen LogP contribution in [0.25, 0.3) is 0 Å². The van der Waals surface area contributed by atoms with Gasteiger partial charge in [0.15, 0.2) is 0 Å². The van der Waals surface area contributed by atoms with E-state index in [-0.39, 0.29) is 0 Å². The number of hydrogen-bond donors (Lipinski definition) is 1. The first kappa shape index (κ1) is 14.6. The minimum Gasteiger partial charge on any atom is -0.206 e. The van der Waals surface area contributed by atoms with E-state index in [0.29, 0.717) is 21.3 Å². The Balaban J connectivity index is 2.96. The van der Waals surface area contributed by atoms with E-state index in [1.807, 2.05) is 6.92 Å². The Bertz CT molecular complexity index is 404. The van der Waals surface area contributed by atoms with Crippen LogP contribution in [0.5, 0.6) is 0 Å². The zero-order valence-corrected chi connectivity index (χ0v) is 13.5. The van der Waals surface area contributed by atoms with Crippen LogP contribution >= 0.6 is 43.2 Å². The highest BCUT2D eigenvalue weighted by Gasteiger charge is 2.32. The van der Waals surface area contributed by atoms with Crippen molar-refractivity contribution in [3.8, 4) is 0 Å². The van der Waals surface area contributed by atoms with E-state index < -0.39 is 15.6 Å². The van der Waals surface area contributed by atoms with Crippen LogP contribution in [0, 0.1) is 0 Å². The molecular formula is C9H13Br2NO2S2. The molecule has 3 nitrogen and oxygen atoms in total. The Morgan fingerprint density at radius 3 is 2.44 bits per heavy atom. The van der Waals surface area contributed by atoms with Gasteiger partial charge in [0.2, 0.25) is 0 Å². The minimum atomic E-state index is -3.40. The molecule has 7 heteroatoms. The van der Waals surface area contributed by atoms with E-state index in [1.165, 1.54) is 11.3 Å². The molecule has 92 valence electrons. The fourth-order valence-electron chi connectivity index (χ4n) is 1.10. The molecule has 0 saturated carbocycles. The number of thiophene rings is 1. The van der Waals surface area contributed by atoms with Crippen LogP contribution in [0.2, 0.25) is 0 Å². The summed E-state index contributed by atoms with van der Waals surface area (Å²) in [6.45, 7) is 1.96. The molecule has 0 unspecified atom stereocenters. The smallest absolute Gasteiger partial charge is 0.206 e. The summed E-state index contributed by atoms with van der Waals surface area (Å²) in [5, 5.41) is 2.91. The van der Waals surface area contributed by atoms with Crippen LogP contribution < -0.4 is 4.72 Å². The van der Waals surface area contributed by atoms with Crippen LogP contribution in [0.15, 0.2) is 21.7 Å². The van der Waals surface area contributed by atoms with Crippen LogP contribution in [0.3, 0.4) is 0 Å². The van der Waals surface area contributed by atoms with Crippen molar-refractivity contribution in [1.82, 2.24) is 4.72 Å². The van der Waals surface area contributed by atoms with Gasteiger partial charge in [0, 0.05) is 10.7 Å². The summed E-state index contributed by atoms with van der Waals surface area (Å²) < 4.78 is 27.2. The average molecular weight is 391 g/mol. The van der Waals surface area contributed by atoms with Gasteiger partial charge in [-0.05, 0) is 17.9 Å². The molecule has 0 radical (unpaired) electrons. The van der Waals surface area contributed by atoms with Gasteiger partial charge in [0.1, 0.15) is 4.21 Å². The van der Waals surface area contributed by atoms with Gasteiger partial charge in [-0.1, -0.05) is 44.8 Å². The summed E-state index contributed by atoms with van der Waals surface area (Å²) in [4.78, 5) is 0. The normalized spacial score (nSPS) is 12.9. The molecule has 0 fully saturated rings. The van der Waals surface area contributed by atoms with Crippen molar-refractivity contribution in [3.05, 3.63) is 17.5 Å². The van der Waals surface area contributed by atoms with E-state index in [2.05, 4.69) is 36.6 Å². The maximum Gasteiger partial charge on any atom is 0.250 e. The van der Waals surface area contributed by atoms with Gasteiger partial charge in [-0.3, -0.25) is 0 Å². The lowest BCUT2D eigenvalue weighted by Crippen LogP contribution is -2.50. The molecule has 0 amide bonds. The molecule has 1 aromatic heterocycles. The minimum absolute atomic E-state index is 0.354. The van der Waals surface area contributed by atoms with Gasteiger partial charge in [0.05, 0.1) is 5.54 Å². The van der Waals surface area contributed by atoms with E-state index >= 15 is 0 Å². The topological polar surface area (TPSA) is 46.2 Å². The molecule has 16 heavy (non-hydrogen) atoms. The highest BCUT2D eigenvalue weighted by Crippen LogP contribution is 2.23. The van der Waals surface area contributed by atoms with E-state index in [9.17, 15) is 8.42 Å². The number of hydrogen-bond acceptors (Lipinski definition) is 3. The van der Waals surface area contributed by atoms with Gasteiger partial charge < -0.3 is 0 Å². The Kier molecular flexibility index (Phi) is 5.44. The molecule has 1 rings (SSSR count). The predicted octanol–water partition coefficient (Wildman–Crippen LogP) is 2.97. The van der Waals surface area contributed by atoms with Gasteiger partial charge in [-0.15, -0.1) is 11.3 Å². The molecule has 1 aromatic rings. The fraction of sp³-hybridized carbons (Fsp3) is 0.556. The Labute approximate surface area is 117 Å². The highest BCUT2D eigenvalue weighted by molar-refractivity contribution is 9.09. The second-order valence-corrected chi connectivity index (χ2v) is 7.42. The summed E-state index contributed by atoms with van der Waals surface area (Å²) in [6.07, 6.45) is 0.716. The van der Waals surface area contributed by atoms with Gasteiger partial charge >= 0.3 is 0 Å². The SMILES string of the molecule is CCC(CBr)(CBr)NS(=O)(=O)c1cccs1. The van der Waals surface area contributed by atoms with Crippen molar-refractivity contribution in [2.24, 2.45) is 0 Å². The summed E-state index contributed by atoms with van der Waals surface area (Å²) >= 11 is 7.93. The Morgan fingerprint density at radius 1 is 1.44 bits per heavy atom. The van der Waals surface area contributed by atoms with Crippen molar-refractivity contribution >= 4 is 53.2 Å². The summed E-state index contributed by atoms with van der Waals surface area (Å²) in [5.41, 5.74) is -0.469. The molecule has 0 bridgehead atoms. The quantitative estimate of drug-likeness (QED) is 0.759. The van der Waals surface area contributed by atoms with E-state index in [1.54, 1.807) is 17.5 Å². The summed E-state index contributed by atoms with van der Waals surface area (Å²) in [5.74, 6) is 0. The molecule has 1 heterocycles. The molecule has 0 atom stereocenters. The van der Waals surface area contributed by atoms with Crippen LogP contribution in [0.4, 0.5) is 0 Å². The monoisotopic (exact) mass is 389 g/mol. The zero-order valence-electron chi connectivity index (χ0n) is 8.74. The third-order valence-electron chi connectivity index (χ3n) is 2.30. The zero-order chi connectivity index (χ0) is 12.2. The second-order valence-electron chi connectivity index (χ2n) is 3.44. The first-order valence-electron chi connectivity index (χ1n) is 4.69. The largest absolute Gasteiger partial charge is 0.250 e. The molecule has 0 aliphatic carbocycles. The molecule has 0 aliphatic rings. The number of nitrogens with one attached hydrogen (secondary N) is 1. The lowest BCUT2D eigenvalue weighted by molar-refractivity contribution is 0.460. The fourth-order valence-corrected chi connectivity index (χ4v) is 5.94. The molecule has 1 N–H and O–H groups in total. The van der Waals surface area contributed by atoms with Gasteiger partial charge in [0.25, 0.3) is 10.0 Å². The number of halogens is 2. The van der Waals surface area contributed by atoms with Crippen LogP contribution in [0.1, 0.15) is 13.3 Å². The van der Waals surface area contributed by atoms with Gasteiger partial charge in [-0.2, -0.15) is 0 Å². The van der Waals surface area contributed by atoms with Gasteiger partial charge in [-0.25, -0.2) is 13.1 Å². The van der Waals surface area contributed by atoms with E-state index in [0.717, 1.165) is 0 Å². The number of alkyl halides is 2. The lowest BCUT2D eigenvalue weighted by Gasteiger charge is -2.29. The third-order valence-corrected chi connectivity index (χ3v) is 7.42. The lowest BCUT2D eigenvalue weighted by atomic mass is 10.0. The Morgan fingerprint density at radius 2 is 2.06 bits per heavy atom. The number of sulfonamides is 1. The van der Waals surface area contributed by atoms with E-state index in [4.69, 9.17) is 0 Å². The number of rotatable bonds is 6. The maximum atomic E-state index is 12.0. The molecule has 0 aliphatic heterocycles. The highest BCUT2D eigenvalue weighted by atomic mass is 79.9.